The summed E-state index contributed by atoms with van der Waals surface area (Å²) in [6, 6.07) is 5.39. The minimum atomic E-state index is -3.51. The standard InChI is InChI=1S/C21H31NO4S/c1-16-12-13-20(17(2)14-16)27(25,26)22-15-19-10-7-6-9-18(19)8-4-3-5-11-21(23)24/h4,8,12-14,18-19,22H,3,5-7,9-11,15H2,1-2H3,(H,23,24)/b8-4-/t18-,19+/m0/s1. The van der Waals surface area contributed by atoms with Crippen molar-refractivity contribution in [3.8, 4) is 0 Å². The fourth-order valence-corrected chi connectivity index (χ4v) is 5.10. The van der Waals surface area contributed by atoms with Crippen LogP contribution in [0.3, 0.4) is 0 Å². The van der Waals surface area contributed by atoms with Gasteiger partial charge >= 0.3 is 5.97 Å². The van der Waals surface area contributed by atoms with Crippen LogP contribution in [-0.4, -0.2) is 26.0 Å². The number of rotatable bonds is 9. The van der Waals surface area contributed by atoms with Crippen LogP contribution in [0.25, 0.3) is 0 Å². The number of benzene rings is 1. The van der Waals surface area contributed by atoms with E-state index < -0.39 is 16.0 Å². The number of carboxylic acids is 1. The van der Waals surface area contributed by atoms with Gasteiger partial charge < -0.3 is 5.11 Å². The van der Waals surface area contributed by atoms with Crippen LogP contribution in [0.15, 0.2) is 35.2 Å². The average Bonchev–Trinajstić information content (AvgIpc) is 2.60. The van der Waals surface area contributed by atoms with E-state index in [-0.39, 0.29) is 12.3 Å². The van der Waals surface area contributed by atoms with Crippen LogP contribution < -0.4 is 4.72 Å². The number of aliphatic carboxylic acids is 1. The number of hydrogen-bond donors (Lipinski definition) is 2. The maximum absolute atomic E-state index is 12.7. The Balaban J connectivity index is 1.95. The Morgan fingerprint density at radius 2 is 2.00 bits per heavy atom. The van der Waals surface area contributed by atoms with Gasteiger partial charge in [-0.05, 0) is 63.0 Å². The van der Waals surface area contributed by atoms with E-state index in [9.17, 15) is 13.2 Å². The molecule has 1 aromatic rings. The molecule has 0 aliphatic heterocycles. The molecular formula is C21H31NO4S. The van der Waals surface area contributed by atoms with Gasteiger partial charge in [-0.25, -0.2) is 13.1 Å². The van der Waals surface area contributed by atoms with Crippen molar-refractivity contribution >= 4 is 16.0 Å². The van der Waals surface area contributed by atoms with Crippen molar-refractivity contribution in [2.45, 2.75) is 63.7 Å². The molecule has 0 heterocycles. The van der Waals surface area contributed by atoms with Crippen LogP contribution in [0, 0.1) is 25.7 Å². The zero-order chi connectivity index (χ0) is 19.9. The summed E-state index contributed by atoms with van der Waals surface area (Å²) in [5, 5.41) is 8.69. The van der Waals surface area contributed by atoms with Crippen molar-refractivity contribution in [1.29, 1.82) is 0 Å². The zero-order valence-electron chi connectivity index (χ0n) is 16.3. The van der Waals surface area contributed by atoms with Crippen LogP contribution in [0.1, 0.15) is 56.1 Å². The molecule has 0 bridgehead atoms. The van der Waals surface area contributed by atoms with Crippen LogP contribution >= 0.6 is 0 Å². The van der Waals surface area contributed by atoms with Gasteiger partial charge in [0.15, 0.2) is 0 Å². The lowest BCUT2D eigenvalue weighted by Gasteiger charge is -2.29. The van der Waals surface area contributed by atoms with Crippen LogP contribution in [0.2, 0.25) is 0 Å². The molecule has 2 N–H and O–H groups in total. The molecule has 0 saturated heterocycles. The van der Waals surface area contributed by atoms with Gasteiger partial charge in [0.05, 0.1) is 4.90 Å². The van der Waals surface area contributed by atoms with Gasteiger partial charge in [-0.15, -0.1) is 0 Å². The Hall–Kier alpha value is -1.66. The number of unbranched alkanes of at least 4 members (excludes halogenated alkanes) is 1. The summed E-state index contributed by atoms with van der Waals surface area (Å²) in [4.78, 5) is 10.9. The second-order valence-electron chi connectivity index (χ2n) is 7.54. The minimum absolute atomic E-state index is 0.189. The lowest BCUT2D eigenvalue weighted by Crippen LogP contribution is -2.34. The summed E-state index contributed by atoms with van der Waals surface area (Å²) in [6.07, 6.45) is 10.2. The highest BCUT2D eigenvalue weighted by Gasteiger charge is 2.25. The molecule has 0 radical (unpaired) electrons. The molecule has 1 fully saturated rings. The lowest BCUT2D eigenvalue weighted by molar-refractivity contribution is -0.137. The fraction of sp³-hybridized carbons (Fsp3) is 0.571. The molecule has 5 nitrogen and oxygen atoms in total. The van der Waals surface area contributed by atoms with Crippen LogP contribution in [0.4, 0.5) is 0 Å². The zero-order valence-corrected chi connectivity index (χ0v) is 17.1. The van der Waals surface area contributed by atoms with E-state index in [1.807, 2.05) is 26.0 Å². The predicted octanol–water partition coefficient (Wildman–Crippen LogP) is 4.20. The first-order valence-electron chi connectivity index (χ1n) is 9.75. The summed E-state index contributed by atoms with van der Waals surface area (Å²) >= 11 is 0. The number of aryl methyl sites for hydroxylation is 2. The molecule has 27 heavy (non-hydrogen) atoms. The number of hydrogen-bond acceptors (Lipinski definition) is 3. The van der Waals surface area contributed by atoms with Crippen molar-refractivity contribution in [3.63, 3.8) is 0 Å². The molecule has 150 valence electrons. The van der Waals surface area contributed by atoms with Gasteiger partial charge in [-0.1, -0.05) is 42.7 Å². The number of nitrogens with one attached hydrogen (secondary N) is 1. The summed E-state index contributed by atoms with van der Waals surface area (Å²) in [6.45, 7) is 4.22. The second kappa shape index (κ2) is 10.0. The monoisotopic (exact) mass is 393 g/mol. The van der Waals surface area contributed by atoms with Crippen molar-refractivity contribution in [1.82, 2.24) is 4.72 Å². The largest absolute Gasteiger partial charge is 0.481 e. The molecular weight excluding hydrogens is 362 g/mol. The molecule has 2 rings (SSSR count). The van der Waals surface area contributed by atoms with Crippen molar-refractivity contribution in [2.75, 3.05) is 6.54 Å². The van der Waals surface area contributed by atoms with E-state index in [0.29, 0.717) is 23.8 Å². The van der Waals surface area contributed by atoms with E-state index in [1.165, 1.54) is 0 Å². The second-order valence-corrected chi connectivity index (χ2v) is 9.28. The Morgan fingerprint density at radius 1 is 1.26 bits per heavy atom. The Kier molecular flexibility index (Phi) is 8.05. The van der Waals surface area contributed by atoms with Gasteiger partial charge in [0, 0.05) is 13.0 Å². The maximum Gasteiger partial charge on any atom is 0.303 e. The van der Waals surface area contributed by atoms with E-state index in [0.717, 1.165) is 43.2 Å². The first-order chi connectivity index (χ1) is 12.8. The van der Waals surface area contributed by atoms with Crippen molar-refractivity contribution in [3.05, 3.63) is 41.5 Å². The summed E-state index contributed by atoms with van der Waals surface area (Å²) in [5.41, 5.74) is 1.81. The molecule has 0 spiro atoms. The molecule has 1 aliphatic rings. The topological polar surface area (TPSA) is 83.5 Å². The summed E-state index contributed by atoms with van der Waals surface area (Å²) in [5.74, 6) is -0.125. The Morgan fingerprint density at radius 3 is 2.70 bits per heavy atom. The predicted molar refractivity (Wildman–Crippen MR) is 107 cm³/mol. The van der Waals surface area contributed by atoms with Gasteiger partial charge in [0.1, 0.15) is 0 Å². The fourth-order valence-electron chi connectivity index (χ4n) is 3.78. The third kappa shape index (κ3) is 6.78. The van der Waals surface area contributed by atoms with Crippen molar-refractivity contribution < 1.29 is 18.3 Å². The number of sulfonamides is 1. The normalized spacial score (nSPS) is 20.8. The number of allylic oxidation sites excluding steroid dienone is 2. The van der Waals surface area contributed by atoms with Crippen LogP contribution in [-0.2, 0) is 14.8 Å². The van der Waals surface area contributed by atoms with Crippen molar-refractivity contribution in [2.24, 2.45) is 11.8 Å². The highest BCUT2D eigenvalue weighted by atomic mass is 32.2. The first kappa shape index (κ1) is 21.6. The van der Waals surface area contributed by atoms with Gasteiger partial charge in [-0.3, -0.25) is 4.79 Å². The highest BCUT2D eigenvalue weighted by molar-refractivity contribution is 7.89. The average molecular weight is 394 g/mol. The molecule has 1 saturated carbocycles. The number of carboxylic acid groups (broad SMARTS) is 1. The highest BCUT2D eigenvalue weighted by Crippen LogP contribution is 2.31. The molecule has 0 unspecified atom stereocenters. The minimum Gasteiger partial charge on any atom is -0.481 e. The SMILES string of the molecule is Cc1ccc(S(=O)(=O)NC[C@H]2CCCC[C@@H]2/C=C\CCCC(=O)O)c(C)c1. The van der Waals surface area contributed by atoms with Gasteiger partial charge in [0.25, 0.3) is 0 Å². The van der Waals surface area contributed by atoms with E-state index in [2.05, 4.69) is 16.9 Å². The molecule has 1 aliphatic carbocycles. The third-order valence-electron chi connectivity index (χ3n) is 5.27. The van der Waals surface area contributed by atoms with E-state index in [1.54, 1.807) is 6.07 Å². The molecule has 1 aromatic carbocycles. The van der Waals surface area contributed by atoms with E-state index >= 15 is 0 Å². The summed E-state index contributed by atoms with van der Waals surface area (Å²) < 4.78 is 28.2. The van der Waals surface area contributed by atoms with Gasteiger partial charge in [0.2, 0.25) is 10.0 Å². The first-order valence-corrected chi connectivity index (χ1v) is 11.2. The molecule has 0 amide bonds. The summed E-state index contributed by atoms with van der Waals surface area (Å²) in [7, 11) is -3.51. The maximum atomic E-state index is 12.7. The Labute approximate surface area is 162 Å². The smallest absolute Gasteiger partial charge is 0.303 e. The number of carbonyl (C=O) groups is 1. The van der Waals surface area contributed by atoms with E-state index in [4.69, 9.17) is 5.11 Å². The Bertz CT molecular complexity index is 770. The lowest BCUT2D eigenvalue weighted by atomic mass is 9.79. The van der Waals surface area contributed by atoms with Crippen LogP contribution in [0.5, 0.6) is 0 Å². The molecule has 0 aromatic heterocycles. The molecule has 6 heteroatoms. The van der Waals surface area contributed by atoms with Gasteiger partial charge in [-0.2, -0.15) is 0 Å². The third-order valence-corrected chi connectivity index (χ3v) is 6.85. The quantitative estimate of drug-likeness (QED) is 0.486. The molecule has 2 atom stereocenters.